The van der Waals surface area contributed by atoms with Crippen molar-refractivity contribution in [2.24, 2.45) is 17.8 Å². The summed E-state index contributed by atoms with van der Waals surface area (Å²) in [4.78, 5) is 13.5. The highest BCUT2D eigenvalue weighted by atomic mass is 32.2. The van der Waals surface area contributed by atoms with Crippen LogP contribution in [0.2, 0.25) is 0 Å². The summed E-state index contributed by atoms with van der Waals surface area (Å²) in [5.74, 6) is 4.40. The average Bonchev–Trinajstić information content (AvgIpc) is 3.22. The third-order valence-corrected chi connectivity index (χ3v) is 11.1. The summed E-state index contributed by atoms with van der Waals surface area (Å²) in [6.07, 6.45) is 6.10. The molecule has 3 fully saturated rings. The first-order chi connectivity index (χ1) is 14.3. The normalized spacial score (nSPS) is 27.8. The van der Waals surface area contributed by atoms with Crippen molar-refractivity contribution in [3.05, 3.63) is 71.8 Å². The second-order valence-electron chi connectivity index (χ2n) is 8.67. The number of carbonyl (C=O) groups excluding carboxylic acids is 1. The fraction of sp³-hybridized carbons (Fsp3) is 0.480. The number of thioether (sulfide) groups is 2. The van der Waals surface area contributed by atoms with Crippen molar-refractivity contribution in [1.82, 2.24) is 5.32 Å². The maximum atomic E-state index is 13.5. The standard InChI is InChI=1S/C25H29NOS2/c27-24(20-16-21-12-7-13-22(17-20)25(21)28-14-15-29-25)26-23(18-8-3-1-4-9-18)19-10-5-2-6-11-19/h1-6,8-11,20-23H,7,12-17H2,(H,26,27)/t20?,21-,22+. The smallest absolute Gasteiger partial charge is 0.223 e. The molecule has 2 saturated carbocycles. The molecule has 3 aliphatic rings. The number of rotatable bonds is 4. The van der Waals surface area contributed by atoms with E-state index in [0.29, 0.717) is 15.9 Å². The zero-order valence-corrected chi connectivity index (χ0v) is 18.4. The van der Waals surface area contributed by atoms with Gasteiger partial charge in [-0.1, -0.05) is 67.1 Å². The molecule has 0 radical (unpaired) electrons. The van der Waals surface area contributed by atoms with Crippen LogP contribution in [-0.4, -0.2) is 21.5 Å². The largest absolute Gasteiger partial charge is 0.345 e. The Hall–Kier alpha value is -1.39. The summed E-state index contributed by atoms with van der Waals surface area (Å²) in [6.45, 7) is 0. The summed E-state index contributed by atoms with van der Waals surface area (Å²) >= 11 is 4.42. The minimum Gasteiger partial charge on any atom is -0.345 e. The minimum absolute atomic E-state index is 0.0733. The molecule has 1 heterocycles. The number of carbonyl (C=O) groups is 1. The van der Waals surface area contributed by atoms with Crippen LogP contribution in [0, 0.1) is 17.8 Å². The van der Waals surface area contributed by atoms with Crippen molar-refractivity contribution in [2.75, 3.05) is 11.5 Å². The van der Waals surface area contributed by atoms with Gasteiger partial charge in [0.15, 0.2) is 0 Å². The van der Waals surface area contributed by atoms with Gasteiger partial charge < -0.3 is 5.32 Å². The molecule has 1 spiro atoms. The molecule has 5 rings (SSSR count). The molecule has 0 aromatic heterocycles. The highest BCUT2D eigenvalue weighted by molar-refractivity contribution is 8.21. The van der Waals surface area contributed by atoms with Crippen LogP contribution in [-0.2, 0) is 4.79 Å². The molecule has 152 valence electrons. The molecular formula is C25H29NOS2. The van der Waals surface area contributed by atoms with E-state index in [1.54, 1.807) is 0 Å². The Morgan fingerprint density at radius 1 is 0.862 bits per heavy atom. The number of nitrogens with one attached hydrogen (secondary N) is 1. The molecule has 2 aliphatic carbocycles. The third kappa shape index (κ3) is 3.74. The van der Waals surface area contributed by atoms with Gasteiger partial charge in [0.05, 0.1) is 10.1 Å². The van der Waals surface area contributed by atoms with E-state index in [2.05, 4.69) is 77.4 Å². The van der Waals surface area contributed by atoms with Crippen LogP contribution in [0.3, 0.4) is 0 Å². The van der Waals surface area contributed by atoms with E-state index < -0.39 is 0 Å². The van der Waals surface area contributed by atoms with Gasteiger partial charge in [0.2, 0.25) is 5.91 Å². The van der Waals surface area contributed by atoms with E-state index in [9.17, 15) is 4.79 Å². The van der Waals surface area contributed by atoms with Crippen LogP contribution in [0.5, 0.6) is 0 Å². The maximum absolute atomic E-state index is 13.5. The van der Waals surface area contributed by atoms with Crippen LogP contribution in [0.1, 0.15) is 49.3 Å². The van der Waals surface area contributed by atoms with Crippen LogP contribution in [0.15, 0.2) is 60.7 Å². The van der Waals surface area contributed by atoms with Crippen LogP contribution >= 0.6 is 23.5 Å². The molecule has 1 amide bonds. The third-order valence-electron chi connectivity index (χ3n) is 7.04. The van der Waals surface area contributed by atoms with Gasteiger partial charge in [0, 0.05) is 17.4 Å². The number of benzene rings is 2. The summed E-state index contributed by atoms with van der Waals surface area (Å²) in [7, 11) is 0. The monoisotopic (exact) mass is 423 g/mol. The second-order valence-corrected chi connectivity index (χ2v) is 11.7. The van der Waals surface area contributed by atoms with E-state index in [1.165, 1.54) is 30.8 Å². The lowest BCUT2D eigenvalue weighted by molar-refractivity contribution is -0.128. The van der Waals surface area contributed by atoms with Crippen molar-refractivity contribution >= 4 is 29.4 Å². The lowest BCUT2D eigenvalue weighted by Gasteiger charge is -2.52. The van der Waals surface area contributed by atoms with Crippen molar-refractivity contribution in [3.8, 4) is 0 Å². The topological polar surface area (TPSA) is 29.1 Å². The van der Waals surface area contributed by atoms with Crippen molar-refractivity contribution < 1.29 is 4.79 Å². The summed E-state index contributed by atoms with van der Waals surface area (Å²) in [5, 5.41) is 3.44. The van der Waals surface area contributed by atoms with Gasteiger partial charge in [-0.25, -0.2) is 0 Å². The van der Waals surface area contributed by atoms with E-state index in [0.717, 1.165) is 24.0 Å². The first kappa shape index (κ1) is 19.6. The van der Waals surface area contributed by atoms with Gasteiger partial charge in [-0.05, 0) is 48.6 Å². The lowest BCUT2D eigenvalue weighted by atomic mass is 9.67. The Labute approximate surface area is 182 Å². The molecule has 2 aromatic carbocycles. The Kier molecular flexibility index (Phi) is 5.66. The van der Waals surface area contributed by atoms with Crippen LogP contribution in [0.25, 0.3) is 0 Å². The molecule has 3 atom stereocenters. The van der Waals surface area contributed by atoms with E-state index >= 15 is 0 Å². The summed E-state index contributed by atoms with van der Waals surface area (Å²) in [6, 6.07) is 20.7. The molecule has 4 heteroatoms. The highest BCUT2D eigenvalue weighted by Crippen LogP contribution is 2.64. The van der Waals surface area contributed by atoms with Crippen molar-refractivity contribution in [1.29, 1.82) is 0 Å². The van der Waals surface area contributed by atoms with Gasteiger partial charge in [-0.3, -0.25) is 4.79 Å². The summed E-state index contributed by atoms with van der Waals surface area (Å²) < 4.78 is 0.424. The van der Waals surface area contributed by atoms with Crippen molar-refractivity contribution in [3.63, 3.8) is 0 Å². The van der Waals surface area contributed by atoms with E-state index in [-0.39, 0.29) is 17.9 Å². The lowest BCUT2D eigenvalue weighted by Crippen LogP contribution is -2.50. The van der Waals surface area contributed by atoms with Gasteiger partial charge in [0.1, 0.15) is 0 Å². The number of amides is 1. The molecule has 2 bridgehead atoms. The van der Waals surface area contributed by atoms with Gasteiger partial charge in [-0.2, -0.15) is 0 Å². The molecule has 1 unspecified atom stereocenters. The molecule has 2 nitrogen and oxygen atoms in total. The number of hydrogen-bond donors (Lipinski definition) is 1. The van der Waals surface area contributed by atoms with Gasteiger partial charge in [0.25, 0.3) is 0 Å². The second kappa shape index (κ2) is 8.39. The minimum atomic E-state index is -0.0733. The molecule has 2 aromatic rings. The highest BCUT2D eigenvalue weighted by Gasteiger charge is 2.55. The van der Waals surface area contributed by atoms with Crippen LogP contribution < -0.4 is 5.32 Å². The molecule has 1 saturated heterocycles. The summed E-state index contributed by atoms with van der Waals surface area (Å²) in [5.41, 5.74) is 2.31. The predicted octanol–water partition coefficient (Wildman–Crippen LogP) is 5.89. The molecular weight excluding hydrogens is 394 g/mol. The first-order valence-electron chi connectivity index (χ1n) is 10.9. The Morgan fingerprint density at radius 2 is 1.38 bits per heavy atom. The van der Waals surface area contributed by atoms with Crippen LogP contribution in [0.4, 0.5) is 0 Å². The zero-order chi connectivity index (χ0) is 19.7. The zero-order valence-electron chi connectivity index (χ0n) is 16.8. The predicted molar refractivity (Wildman–Crippen MR) is 124 cm³/mol. The quantitative estimate of drug-likeness (QED) is 0.664. The Balaban J connectivity index is 1.36. The molecule has 1 N–H and O–H groups in total. The fourth-order valence-corrected chi connectivity index (χ4v) is 9.67. The molecule has 1 aliphatic heterocycles. The van der Waals surface area contributed by atoms with Crippen molar-refractivity contribution in [2.45, 2.75) is 42.2 Å². The van der Waals surface area contributed by atoms with E-state index in [4.69, 9.17) is 0 Å². The maximum Gasteiger partial charge on any atom is 0.223 e. The van der Waals surface area contributed by atoms with Gasteiger partial charge >= 0.3 is 0 Å². The SMILES string of the molecule is O=C(NC(c1ccccc1)c1ccccc1)C1C[C@H]2CCC[C@@H](C1)C21SCCS1. The average molecular weight is 424 g/mol. The molecule has 29 heavy (non-hydrogen) atoms. The van der Waals surface area contributed by atoms with Gasteiger partial charge in [-0.15, -0.1) is 23.5 Å². The first-order valence-corrected chi connectivity index (χ1v) is 12.9. The van der Waals surface area contributed by atoms with E-state index in [1.807, 2.05) is 12.1 Å². The Bertz CT molecular complexity index is 779. The fourth-order valence-electron chi connectivity index (χ4n) is 5.73. The Morgan fingerprint density at radius 3 is 1.90 bits per heavy atom. The number of hydrogen-bond acceptors (Lipinski definition) is 3.